The highest BCUT2D eigenvalue weighted by atomic mass is 79.9. The number of halogens is 1. The third-order valence-electron chi connectivity index (χ3n) is 5.31. The molecule has 6 heteroatoms. The van der Waals surface area contributed by atoms with Crippen LogP contribution in [-0.2, 0) is 5.75 Å². The number of hydrogen-bond donors (Lipinski definition) is 0. The van der Waals surface area contributed by atoms with Gasteiger partial charge in [-0.3, -0.25) is 4.57 Å². The van der Waals surface area contributed by atoms with Crippen molar-refractivity contribution in [2.24, 2.45) is 0 Å². The lowest BCUT2D eigenvalue weighted by Crippen LogP contribution is -2.02. The molecular formula is C26H19BrN2O2S. The van der Waals surface area contributed by atoms with E-state index in [0.717, 1.165) is 26.5 Å². The minimum Gasteiger partial charge on any atom is -0.422 e. The lowest BCUT2D eigenvalue weighted by Gasteiger charge is -2.08. The second-order valence-electron chi connectivity index (χ2n) is 7.46. The van der Waals surface area contributed by atoms with Crippen LogP contribution >= 0.6 is 27.7 Å². The summed E-state index contributed by atoms with van der Waals surface area (Å²) in [5, 5.41) is 1.69. The topological polar surface area (TPSA) is 48.0 Å². The molecule has 0 amide bonds. The maximum absolute atomic E-state index is 12.7. The highest BCUT2D eigenvalue weighted by Gasteiger charge is 2.16. The van der Waals surface area contributed by atoms with Gasteiger partial charge in [0.15, 0.2) is 5.16 Å². The maximum Gasteiger partial charge on any atom is 0.345 e. The standard InChI is InChI=1S/C26H19BrN2O2S/c1-17-6-2-3-8-19(17)16-32-26-28-23(15-29(26)21-12-10-20(27)11-13-21)22-14-18-7-4-5-9-24(18)31-25(22)30/h2-15H,16H2,1H3. The van der Waals surface area contributed by atoms with Gasteiger partial charge in [0.2, 0.25) is 0 Å². The van der Waals surface area contributed by atoms with Crippen LogP contribution in [0.25, 0.3) is 27.9 Å². The molecule has 2 aromatic heterocycles. The molecule has 0 N–H and O–H groups in total. The molecule has 3 aromatic carbocycles. The largest absolute Gasteiger partial charge is 0.422 e. The summed E-state index contributed by atoms with van der Waals surface area (Å²) in [5.41, 5.74) is 4.72. The van der Waals surface area contributed by atoms with Gasteiger partial charge in [0.25, 0.3) is 0 Å². The second kappa shape index (κ2) is 8.81. The summed E-state index contributed by atoms with van der Waals surface area (Å²) in [7, 11) is 0. The zero-order chi connectivity index (χ0) is 22.1. The fourth-order valence-electron chi connectivity index (χ4n) is 3.54. The Morgan fingerprint density at radius 2 is 1.75 bits per heavy atom. The van der Waals surface area contributed by atoms with Gasteiger partial charge in [0, 0.05) is 27.5 Å². The number of aromatic nitrogens is 2. The minimum absolute atomic E-state index is 0.389. The summed E-state index contributed by atoms with van der Waals surface area (Å²) < 4.78 is 8.58. The van der Waals surface area contributed by atoms with Crippen molar-refractivity contribution in [1.29, 1.82) is 0 Å². The zero-order valence-electron chi connectivity index (χ0n) is 17.3. The zero-order valence-corrected chi connectivity index (χ0v) is 19.7. The lowest BCUT2D eigenvalue weighted by atomic mass is 10.1. The third kappa shape index (κ3) is 4.16. The van der Waals surface area contributed by atoms with Crippen molar-refractivity contribution in [3.63, 3.8) is 0 Å². The summed E-state index contributed by atoms with van der Waals surface area (Å²) in [6, 6.07) is 25.7. The number of thioether (sulfide) groups is 1. The molecule has 5 rings (SSSR count). The number of nitrogens with zero attached hydrogens (tertiary/aromatic N) is 2. The number of hydrogen-bond acceptors (Lipinski definition) is 4. The number of benzene rings is 3. The van der Waals surface area contributed by atoms with E-state index in [0.29, 0.717) is 16.8 Å². The van der Waals surface area contributed by atoms with Crippen molar-refractivity contribution >= 4 is 38.7 Å². The van der Waals surface area contributed by atoms with Crippen LogP contribution in [0.15, 0.2) is 104 Å². The first kappa shape index (κ1) is 20.8. The van der Waals surface area contributed by atoms with Crippen molar-refractivity contribution in [3.05, 3.63) is 111 Å². The van der Waals surface area contributed by atoms with Crippen molar-refractivity contribution in [2.45, 2.75) is 17.8 Å². The Kier molecular flexibility index (Phi) is 5.72. The monoisotopic (exact) mass is 502 g/mol. The van der Waals surface area contributed by atoms with E-state index in [9.17, 15) is 4.79 Å². The number of rotatable bonds is 5. The van der Waals surface area contributed by atoms with Crippen LogP contribution in [0, 0.1) is 6.92 Å². The number of fused-ring (bicyclic) bond motifs is 1. The van der Waals surface area contributed by atoms with Crippen LogP contribution in [0.1, 0.15) is 11.1 Å². The second-order valence-corrected chi connectivity index (χ2v) is 9.31. The quantitative estimate of drug-likeness (QED) is 0.191. The molecule has 0 fully saturated rings. The molecule has 4 nitrogen and oxygen atoms in total. The Morgan fingerprint density at radius 3 is 2.56 bits per heavy atom. The van der Waals surface area contributed by atoms with Gasteiger partial charge in [-0.25, -0.2) is 9.78 Å². The Labute approximate surface area is 198 Å². The Balaban J connectivity index is 1.59. The smallest absolute Gasteiger partial charge is 0.345 e. The predicted octanol–water partition coefficient (Wildman–Crippen LogP) is 7.01. The first-order valence-electron chi connectivity index (χ1n) is 10.1. The molecule has 2 heterocycles. The average Bonchev–Trinajstić information content (AvgIpc) is 3.22. The molecule has 32 heavy (non-hydrogen) atoms. The molecular weight excluding hydrogens is 484 g/mol. The summed E-state index contributed by atoms with van der Waals surface area (Å²) in [5.74, 6) is 0.784. The summed E-state index contributed by atoms with van der Waals surface area (Å²) >= 11 is 5.14. The average molecular weight is 503 g/mol. The number of imidazole rings is 1. The van der Waals surface area contributed by atoms with Crippen LogP contribution in [0.2, 0.25) is 0 Å². The molecule has 0 saturated carbocycles. The lowest BCUT2D eigenvalue weighted by molar-refractivity contribution is 0.563. The first-order valence-corrected chi connectivity index (χ1v) is 11.9. The fourth-order valence-corrected chi connectivity index (χ4v) is 4.87. The van der Waals surface area contributed by atoms with Crippen LogP contribution in [0.4, 0.5) is 0 Å². The van der Waals surface area contributed by atoms with E-state index in [4.69, 9.17) is 9.40 Å². The fraction of sp³-hybridized carbons (Fsp3) is 0.0769. The van der Waals surface area contributed by atoms with Gasteiger partial charge in [0.05, 0.1) is 11.3 Å². The summed E-state index contributed by atoms with van der Waals surface area (Å²) in [6.45, 7) is 2.11. The van der Waals surface area contributed by atoms with E-state index < -0.39 is 0 Å². The van der Waals surface area contributed by atoms with Gasteiger partial charge in [-0.2, -0.15) is 0 Å². The van der Waals surface area contributed by atoms with Gasteiger partial charge in [-0.1, -0.05) is 70.2 Å². The summed E-state index contributed by atoms with van der Waals surface area (Å²) in [4.78, 5) is 17.6. The van der Waals surface area contributed by atoms with Gasteiger partial charge in [-0.05, 0) is 54.4 Å². The van der Waals surface area contributed by atoms with Crippen molar-refractivity contribution in [1.82, 2.24) is 9.55 Å². The minimum atomic E-state index is -0.389. The van der Waals surface area contributed by atoms with Crippen LogP contribution in [0.3, 0.4) is 0 Å². The Hall–Kier alpha value is -3.09. The van der Waals surface area contributed by atoms with E-state index in [1.54, 1.807) is 17.8 Å². The molecule has 0 saturated heterocycles. The molecule has 158 valence electrons. The van der Waals surface area contributed by atoms with Gasteiger partial charge in [0.1, 0.15) is 5.58 Å². The Morgan fingerprint density at radius 1 is 1.00 bits per heavy atom. The molecule has 0 aliphatic heterocycles. The van der Waals surface area contributed by atoms with Gasteiger partial charge in [-0.15, -0.1) is 0 Å². The van der Waals surface area contributed by atoms with E-state index in [-0.39, 0.29) is 5.63 Å². The normalized spacial score (nSPS) is 11.2. The molecule has 0 aliphatic carbocycles. The van der Waals surface area contributed by atoms with Crippen LogP contribution < -0.4 is 5.63 Å². The van der Waals surface area contributed by atoms with Gasteiger partial charge < -0.3 is 4.42 Å². The van der Waals surface area contributed by atoms with Crippen LogP contribution in [0.5, 0.6) is 0 Å². The van der Waals surface area contributed by atoms with E-state index in [2.05, 4.69) is 41.1 Å². The molecule has 0 spiro atoms. The van der Waals surface area contributed by atoms with Crippen molar-refractivity contribution in [3.8, 4) is 16.9 Å². The number of aryl methyl sites for hydroxylation is 1. The SMILES string of the molecule is Cc1ccccc1CSc1nc(-c2cc3ccccc3oc2=O)cn1-c1ccc(Br)cc1. The molecule has 0 atom stereocenters. The molecule has 0 aliphatic rings. The highest BCUT2D eigenvalue weighted by Crippen LogP contribution is 2.30. The van der Waals surface area contributed by atoms with E-state index in [1.165, 1.54) is 11.1 Å². The van der Waals surface area contributed by atoms with E-state index >= 15 is 0 Å². The third-order valence-corrected chi connectivity index (χ3v) is 6.84. The van der Waals surface area contributed by atoms with Crippen LogP contribution in [-0.4, -0.2) is 9.55 Å². The molecule has 0 radical (unpaired) electrons. The first-order chi connectivity index (χ1) is 15.6. The highest BCUT2D eigenvalue weighted by molar-refractivity contribution is 9.10. The summed E-state index contributed by atoms with van der Waals surface area (Å²) in [6.07, 6.45) is 1.91. The number of para-hydroxylation sites is 1. The Bertz CT molecular complexity index is 1470. The van der Waals surface area contributed by atoms with Crippen molar-refractivity contribution < 1.29 is 4.42 Å². The molecule has 5 aromatic rings. The molecule has 0 bridgehead atoms. The van der Waals surface area contributed by atoms with Gasteiger partial charge >= 0.3 is 5.63 Å². The molecule has 0 unspecified atom stereocenters. The maximum atomic E-state index is 12.7. The van der Waals surface area contributed by atoms with E-state index in [1.807, 2.05) is 65.4 Å². The predicted molar refractivity (Wildman–Crippen MR) is 133 cm³/mol. The van der Waals surface area contributed by atoms with Crippen molar-refractivity contribution in [2.75, 3.05) is 0 Å².